The fourth-order valence-electron chi connectivity index (χ4n) is 2.92. The van der Waals surface area contributed by atoms with Crippen LogP contribution in [0.1, 0.15) is 23.9 Å². The summed E-state index contributed by atoms with van der Waals surface area (Å²) in [5, 5.41) is 6.97. The number of anilines is 2. The van der Waals surface area contributed by atoms with Crippen LogP contribution in [0.4, 0.5) is 15.8 Å². The van der Waals surface area contributed by atoms with Gasteiger partial charge in [-0.2, -0.15) is 5.10 Å². The van der Waals surface area contributed by atoms with Crippen molar-refractivity contribution < 1.29 is 17.6 Å². The summed E-state index contributed by atoms with van der Waals surface area (Å²) in [6, 6.07) is 12.0. The molecule has 1 aromatic heterocycles. The highest BCUT2D eigenvalue weighted by atomic mass is 32.2. The molecule has 7 nitrogen and oxygen atoms in total. The maximum absolute atomic E-state index is 13.4. The molecule has 0 aliphatic heterocycles. The van der Waals surface area contributed by atoms with Crippen LogP contribution in [0.15, 0.2) is 53.4 Å². The lowest BCUT2D eigenvalue weighted by Gasteiger charge is -2.10. The minimum absolute atomic E-state index is 0.0586. The van der Waals surface area contributed by atoms with E-state index in [1.807, 2.05) is 0 Å². The SMILES string of the molecule is CC(=O)Nc1ccc(S(=O)(=O)Nc2c(C)nn(Cc3cccc(F)c3)c2C)cc1. The van der Waals surface area contributed by atoms with Gasteiger partial charge in [0.1, 0.15) is 5.82 Å². The number of amides is 1. The molecule has 1 heterocycles. The van der Waals surface area contributed by atoms with Crippen LogP contribution >= 0.6 is 0 Å². The van der Waals surface area contributed by atoms with E-state index in [0.717, 1.165) is 5.56 Å². The minimum Gasteiger partial charge on any atom is -0.326 e. The van der Waals surface area contributed by atoms with Crippen molar-refractivity contribution in [3.63, 3.8) is 0 Å². The molecule has 0 saturated carbocycles. The summed E-state index contributed by atoms with van der Waals surface area (Å²) < 4.78 is 43.2. The second-order valence-electron chi connectivity index (χ2n) is 6.64. The van der Waals surface area contributed by atoms with Gasteiger partial charge in [0.15, 0.2) is 0 Å². The molecule has 0 unspecified atom stereocenters. The van der Waals surface area contributed by atoms with Gasteiger partial charge in [0, 0.05) is 12.6 Å². The maximum Gasteiger partial charge on any atom is 0.262 e. The van der Waals surface area contributed by atoms with Crippen LogP contribution in [0.2, 0.25) is 0 Å². The first kappa shape index (κ1) is 20.5. The number of benzene rings is 2. The van der Waals surface area contributed by atoms with E-state index in [1.54, 1.807) is 30.7 Å². The molecular weight excluding hydrogens is 395 g/mol. The number of carbonyl (C=O) groups is 1. The van der Waals surface area contributed by atoms with E-state index in [4.69, 9.17) is 0 Å². The molecule has 3 aromatic rings. The fraction of sp³-hybridized carbons (Fsp3) is 0.200. The number of nitrogens with one attached hydrogen (secondary N) is 2. The second-order valence-corrected chi connectivity index (χ2v) is 8.33. The molecular formula is C20H21FN4O3S. The van der Waals surface area contributed by atoms with Gasteiger partial charge >= 0.3 is 0 Å². The van der Waals surface area contributed by atoms with Gasteiger partial charge in [0.05, 0.1) is 28.5 Å². The predicted octanol–water partition coefficient (Wildman–Crippen LogP) is 3.45. The Morgan fingerprint density at radius 3 is 2.45 bits per heavy atom. The first-order chi connectivity index (χ1) is 13.7. The van der Waals surface area contributed by atoms with E-state index in [0.29, 0.717) is 29.3 Å². The van der Waals surface area contributed by atoms with Crippen LogP contribution in [0.5, 0.6) is 0 Å². The molecule has 1 amide bonds. The topological polar surface area (TPSA) is 93.1 Å². The number of carbonyl (C=O) groups excluding carboxylic acids is 1. The number of hydrogen-bond acceptors (Lipinski definition) is 4. The van der Waals surface area contributed by atoms with Crippen molar-refractivity contribution in [3.05, 3.63) is 71.3 Å². The third-order valence-corrected chi connectivity index (χ3v) is 5.69. The summed E-state index contributed by atoms with van der Waals surface area (Å²) in [5.41, 5.74) is 2.74. The average Bonchev–Trinajstić information content (AvgIpc) is 2.89. The van der Waals surface area contributed by atoms with E-state index in [-0.39, 0.29) is 16.6 Å². The van der Waals surface area contributed by atoms with Gasteiger partial charge < -0.3 is 5.32 Å². The van der Waals surface area contributed by atoms with Crippen LogP contribution in [0.3, 0.4) is 0 Å². The summed E-state index contributed by atoms with van der Waals surface area (Å²) in [6.45, 7) is 5.14. The monoisotopic (exact) mass is 416 g/mol. The smallest absolute Gasteiger partial charge is 0.262 e. The normalized spacial score (nSPS) is 11.3. The Morgan fingerprint density at radius 2 is 1.83 bits per heavy atom. The average molecular weight is 416 g/mol. The van der Waals surface area contributed by atoms with E-state index in [9.17, 15) is 17.6 Å². The van der Waals surface area contributed by atoms with Crippen LogP contribution < -0.4 is 10.0 Å². The van der Waals surface area contributed by atoms with Gasteiger partial charge in [-0.25, -0.2) is 12.8 Å². The van der Waals surface area contributed by atoms with Gasteiger partial charge in [0.25, 0.3) is 10.0 Å². The van der Waals surface area contributed by atoms with Crippen molar-refractivity contribution in [2.75, 3.05) is 10.0 Å². The molecule has 152 valence electrons. The third kappa shape index (κ3) is 4.80. The number of nitrogens with zero attached hydrogens (tertiary/aromatic N) is 2. The van der Waals surface area contributed by atoms with Crippen LogP contribution in [-0.4, -0.2) is 24.1 Å². The third-order valence-electron chi connectivity index (χ3n) is 4.32. The Kier molecular flexibility index (Phi) is 5.69. The molecule has 0 radical (unpaired) electrons. The zero-order valence-electron chi connectivity index (χ0n) is 16.2. The quantitative estimate of drug-likeness (QED) is 0.644. The maximum atomic E-state index is 13.4. The lowest BCUT2D eigenvalue weighted by molar-refractivity contribution is -0.114. The van der Waals surface area contributed by atoms with Crippen molar-refractivity contribution in [2.24, 2.45) is 0 Å². The van der Waals surface area contributed by atoms with Gasteiger partial charge in [-0.1, -0.05) is 12.1 Å². The van der Waals surface area contributed by atoms with Crippen LogP contribution in [-0.2, 0) is 21.4 Å². The Balaban J connectivity index is 1.83. The largest absolute Gasteiger partial charge is 0.326 e. The van der Waals surface area contributed by atoms with Gasteiger partial charge in [-0.15, -0.1) is 0 Å². The van der Waals surface area contributed by atoms with E-state index in [1.165, 1.54) is 43.3 Å². The summed E-state index contributed by atoms with van der Waals surface area (Å²) in [4.78, 5) is 11.1. The molecule has 2 N–H and O–H groups in total. The molecule has 0 spiro atoms. The number of sulfonamides is 1. The van der Waals surface area contributed by atoms with Crippen molar-refractivity contribution >= 4 is 27.3 Å². The highest BCUT2D eigenvalue weighted by molar-refractivity contribution is 7.92. The molecule has 2 aromatic carbocycles. The second kappa shape index (κ2) is 8.04. The number of rotatable bonds is 6. The van der Waals surface area contributed by atoms with Gasteiger partial charge in [-0.3, -0.25) is 14.2 Å². The zero-order chi connectivity index (χ0) is 21.2. The highest BCUT2D eigenvalue weighted by Gasteiger charge is 2.20. The Hall–Kier alpha value is -3.20. The van der Waals surface area contributed by atoms with E-state index in [2.05, 4.69) is 15.1 Å². The first-order valence-corrected chi connectivity index (χ1v) is 10.3. The first-order valence-electron chi connectivity index (χ1n) is 8.84. The molecule has 3 rings (SSSR count). The Morgan fingerprint density at radius 1 is 1.14 bits per heavy atom. The number of aryl methyl sites for hydroxylation is 1. The molecule has 0 aliphatic carbocycles. The van der Waals surface area contributed by atoms with Crippen molar-refractivity contribution in [2.45, 2.75) is 32.2 Å². The Labute approximate surface area is 168 Å². The standard InChI is InChI=1S/C20H21FN4O3S/c1-13-20(14(2)25(23-13)12-16-5-4-6-17(21)11-16)24-29(27,28)19-9-7-18(8-10-19)22-15(3)26/h4-11,24H,12H2,1-3H3,(H,22,26). The van der Waals surface area contributed by atoms with E-state index >= 15 is 0 Å². The highest BCUT2D eigenvalue weighted by Crippen LogP contribution is 2.25. The van der Waals surface area contributed by atoms with Gasteiger partial charge in [-0.05, 0) is 55.8 Å². The number of halogens is 1. The molecule has 0 fully saturated rings. The summed E-state index contributed by atoms with van der Waals surface area (Å²) in [6.07, 6.45) is 0. The van der Waals surface area contributed by atoms with Crippen molar-refractivity contribution in [1.29, 1.82) is 0 Å². The molecule has 0 atom stereocenters. The van der Waals surface area contributed by atoms with Gasteiger partial charge in [0.2, 0.25) is 5.91 Å². The summed E-state index contributed by atoms with van der Waals surface area (Å²) in [7, 11) is -3.85. The zero-order valence-corrected chi connectivity index (χ0v) is 17.0. The van der Waals surface area contributed by atoms with Crippen LogP contribution in [0, 0.1) is 19.7 Å². The number of hydrogen-bond donors (Lipinski definition) is 2. The lowest BCUT2D eigenvalue weighted by atomic mass is 10.2. The summed E-state index contributed by atoms with van der Waals surface area (Å²) >= 11 is 0. The van der Waals surface area contributed by atoms with Crippen molar-refractivity contribution in [3.8, 4) is 0 Å². The predicted molar refractivity (Wildman–Crippen MR) is 109 cm³/mol. The summed E-state index contributed by atoms with van der Waals surface area (Å²) in [5.74, 6) is -0.580. The molecule has 29 heavy (non-hydrogen) atoms. The lowest BCUT2D eigenvalue weighted by Crippen LogP contribution is -2.14. The molecule has 0 aliphatic rings. The Bertz CT molecular complexity index is 1150. The fourth-order valence-corrected chi connectivity index (χ4v) is 4.10. The van der Waals surface area contributed by atoms with Crippen LogP contribution in [0.25, 0.3) is 0 Å². The van der Waals surface area contributed by atoms with Crippen molar-refractivity contribution in [1.82, 2.24) is 9.78 Å². The van der Waals surface area contributed by atoms with E-state index < -0.39 is 10.0 Å². The number of aromatic nitrogens is 2. The minimum atomic E-state index is -3.85. The molecule has 0 bridgehead atoms. The molecule has 9 heteroatoms. The molecule has 0 saturated heterocycles.